The van der Waals surface area contributed by atoms with Gasteiger partial charge in [-0.15, -0.1) is 0 Å². The van der Waals surface area contributed by atoms with Gasteiger partial charge in [-0.25, -0.2) is 4.98 Å². The maximum Gasteiger partial charge on any atom is 0.154 e. The number of aryl methyl sites for hydroxylation is 1. The number of aldehydes is 1. The number of rotatable bonds is 2. The van der Waals surface area contributed by atoms with Crippen LogP contribution < -0.4 is 4.74 Å². The highest BCUT2D eigenvalue weighted by molar-refractivity contribution is 5.98. The summed E-state index contributed by atoms with van der Waals surface area (Å²) in [5.41, 5.74) is 1.34. The highest BCUT2D eigenvalue weighted by Gasteiger charge is 2.10. The number of fused-ring (bicyclic) bond motifs is 1. The topological polar surface area (TPSA) is 44.1 Å². The van der Waals surface area contributed by atoms with Gasteiger partial charge in [0.2, 0.25) is 0 Å². The number of carbonyl (C=O) groups is 1. The van der Waals surface area contributed by atoms with E-state index in [1.807, 2.05) is 23.9 Å². The summed E-state index contributed by atoms with van der Waals surface area (Å²) in [6.07, 6.45) is 4.22. The number of nitrogens with zero attached hydrogens (tertiary/aromatic N) is 2. The highest BCUT2D eigenvalue weighted by Crippen LogP contribution is 2.24. The van der Waals surface area contributed by atoms with Gasteiger partial charge in [0.1, 0.15) is 11.4 Å². The zero-order valence-electron chi connectivity index (χ0n) is 8.02. The Bertz CT molecular complexity index is 488. The largest absolute Gasteiger partial charge is 0.494 e. The minimum Gasteiger partial charge on any atom is -0.494 e. The Kier molecular flexibility index (Phi) is 1.96. The van der Waals surface area contributed by atoms with Gasteiger partial charge in [0.05, 0.1) is 18.9 Å². The fourth-order valence-electron chi connectivity index (χ4n) is 1.50. The van der Waals surface area contributed by atoms with Crippen molar-refractivity contribution in [3.8, 4) is 5.75 Å². The van der Waals surface area contributed by atoms with Crippen LogP contribution in [0.2, 0.25) is 0 Å². The van der Waals surface area contributed by atoms with Gasteiger partial charge in [-0.1, -0.05) is 0 Å². The van der Waals surface area contributed by atoms with Crippen molar-refractivity contribution in [2.24, 2.45) is 7.05 Å². The van der Waals surface area contributed by atoms with E-state index in [9.17, 15) is 4.79 Å². The van der Waals surface area contributed by atoms with Crippen molar-refractivity contribution >= 4 is 17.3 Å². The molecule has 0 saturated heterocycles. The first kappa shape index (κ1) is 8.74. The summed E-state index contributed by atoms with van der Waals surface area (Å²) in [4.78, 5) is 15.1. The van der Waals surface area contributed by atoms with Crippen LogP contribution in [0.1, 0.15) is 10.4 Å². The predicted molar refractivity (Wildman–Crippen MR) is 52.7 cm³/mol. The lowest BCUT2D eigenvalue weighted by molar-refractivity contribution is 0.112. The van der Waals surface area contributed by atoms with Gasteiger partial charge in [-0.3, -0.25) is 4.79 Å². The van der Waals surface area contributed by atoms with Gasteiger partial charge >= 0.3 is 0 Å². The second-order valence-electron chi connectivity index (χ2n) is 3.02. The minimum atomic E-state index is 0.513. The molecule has 4 heteroatoms. The number of hydrogen-bond acceptors (Lipinski definition) is 3. The fourth-order valence-corrected chi connectivity index (χ4v) is 1.50. The molecular formula is C10H10N2O2. The maximum atomic E-state index is 10.9. The number of aromatic nitrogens is 2. The Hall–Kier alpha value is -1.84. The fraction of sp³-hybridized carbons (Fsp3) is 0.200. The summed E-state index contributed by atoms with van der Waals surface area (Å²) in [6.45, 7) is 0. The lowest BCUT2D eigenvalue weighted by atomic mass is 10.2. The lowest BCUT2D eigenvalue weighted by Crippen LogP contribution is -1.95. The number of hydrogen-bond donors (Lipinski definition) is 0. The van der Waals surface area contributed by atoms with Crippen molar-refractivity contribution in [1.82, 2.24) is 9.55 Å². The molecule has 0 unspecified atom stereocenters. The molecule has 0 aliphatic heterocycles. The third kappa shape index (κ3) is 1.08. The molecule has 0 aromatic carbocycles. The number of ether oxygens (including phenoxy) is 1. The molecule has 14 heavy (non-hydrogen) atoms. The molecular weight excluding hydrogens is 180 g/mol. The van der Waals surface area contributed by atoms with E-state index >= 15 is 0 Å². The molecule has 0 amide bonds. The van der Waals surface area contributed by atoms with Crippen molar-refractivity contribution in [3.63, 3.8) is 0 Å². The Morgan fingerprint density at radius 1 is 1.57 bits per heavy atom. The van der Waals surface area contributed by atoms with Crippen LogP contribution in [-0.4, -0.2) is 22.9 Å². The van der Waals surface area contributed by atoms with E-state index < -0.39 is 0 Å². The molecule has 2 aromatic heterocycles. The molecule has 0 bridgehead atoms. The maximum absolute atomic E-state index is 10.9. The molecule has 0 saturated carbocycles. The Morgan fingerprint density at radius 3 is 3.00 bits per heavy atom. The Balaban J connectivity index is 2.84. The van der Waals surface area contributed by atoms with Gasteiger partial charge < -0.3 is 9.30 Å². The van der Waals surface area contributed by atoms with Crippen LogP contribution in [0.3, 0.4) is 0 Å². The molecule has 72 valence electrons. The smallest absolute Gasteiger partial charge is 0.154 e. The summed E-state index contributed by atoms with van der Waals surface area (Å²) < 4.78 is 6.91. The molecule has 2 heterocycles. The van der Waals surface area contributed by atoms with E-state index in [2.05, 4.69) is 4.98 Å². The average Bonchev–Trinajstić information content (AvgIpc) is 2.59. The predicted octanol–water partition coefficient (Wildman–Crippen LogP) is 1.39. The van der Waals surface area contributed by atoms with E-state index in [-0.39, 0.29) is 0 Å². The minimum absolute atomic E-state index is 0.513. The van der Waals surface area contributed by atoms with E-state index in [4.69, 9.17) is 4.74 Å². The first-order valence-corrected chi connectivity index (χ1v) is 4.21. The number of pyridine rings is 1. The molecule has 0 aliphatic rings. The second-order valence-corrected chi connectivity index (χ2v) is 3.02. The first-order valence-electron chi connectivity index (χ1n) is 4.21. The molecule has 0 atom stereocenters. The van der Waals surface area contributed by atoms with Crippen molar-refractivity contribution in [3.05, 3.63) is 24.0 Å². The van der Waals surface area contributed by atoms with Gasteiger partial charge in [-0.2, -0.15) is 0 Å². The quantitative estimate of drug-likeness (QED) is 0.672. The summed E-state index contributed by atoms with van der Waals surface area (Å²) in [5, 5.41) is 0.821. The number of methoxy groups -OCH3 is 1. The standard InChI is InChI=1S/C10H10N2O2/c1-12-4-3-7-8(6-13)9(14-2)5-11-10(7)12/h3-6H,1-2H3. The van der Waals surface area contributed by atoms with Gasteiger partial charge in [0.25, 0.3) is 0 Å². The summed E-state index contributed by atoms with van der Waals surface area (Å²) in [7, 11) is 3.41. The van der Waals surface area contributed by atoms with Crippen LogP contribution in [0.25, 0.3) is 11.0 Å². The van der Waals surface area contributed by atoms with Gasteiger partial charge in [0, 0.05) is 18.6 Å². The zero-order chi connectivity index (χ0) is 10.1. The third-order valence-electron chi connectivity index (χ3n) is 2.24. The molecule has 0 fully saturated rings. The van der Waals surface area contributed by atoms with Crippen LogP contribution in [0.4, 0.5) is 0 Å². The SMILES string of the molecule is COc1cnc2c(ccn2C)c1C=O. The average molecular weight is 190 g/mol. The van der Waals surface area contributed by atoms with E-state index in [1.54, 1.807) is 6.20 Å². The van der Waals surface area contributed by atoms with Gasteiger partial charge in [0.15, 0.2) is 6.29 Å². The second kappa shape index (κ2) is 3.14. The van der Waals surface area contributed by atoms with Crippen molar-refractivity contribution in [1.29, 1.82) is 0 Å². The summed E-state index contributed by atoms with van der Waals surface area (Å²) in [6, 6.07) is 1.86. The van der Waals surface area contributed by atoms with Crippen molar-refractivity contribution in [2.75, 3.05) is 7.11 Å². The molecule has 4 nitrogen and oxygen atoms in total. The van der Waals surface area contributed by atoms with E-state index in [0.717, 1.165) is 17.3 Å². The summed E-state index contributed by atoms with van der Waals surface area (Å²) >= 11 is 0. The molecule has 0 radical (unpaired) electrons. The van der Waals surface area contributed by atoms with Crippen LogP contribution in [0, 0.1) is 0 Å². The summed E-state index contributed by atoms with van der Waals surface area (Å²) in [5.74, 6) is 0.513. The van der Waals surface area contributed by atoms with Crippen LogP contribution in [0.5, 0.6) is 5.75 Å². The van der Waals surface area contributed by atoms with Crippen LogP contribution in [-0.2, 0) is 7.05 Å². The normalized spacial score (nSPS) is 10.4. The van der Waals surface area contributed by atoms with E-state index in [0.29, 0.717) is 11.3 Å². The molecule has 0 spiro atoms. The monoisotopic (exact) mass is 190 g/mol. The number of carbonyl (C=O) groups excluding carboxylic acids is 1. The molecule has 2 rings (SSSR count). The van der Waals surface area contributed by atoms with Crippen molar-refractivity contribution < 1.29 is 9.53 Å². The molecule has 0 aliphatic carbocycles. The van der Waals surface area contributed by atoms with Crippen LogP contribution >= 0.6 is 0 Å². The van der Waals surface area contributed by atoms with Gasteiger partial charge in [-0.05, 0) is 6.07 Å². The lowest BCUT2D eigenvalue weighted by Gasteiger charge is -2.03. The van der Waals surface area contributed by atoms with Crippen LogP contribution in [0.15, 0.2) is 18.5 Å². The Morgan fingerprint density at radius 2 is 2.36 bits per heavy atom. The Labute approximate surface area is 81.1 Å². The molecule has 2 aromatic rings. The molecule has 0 N–H and O–H groups in total. The highest BCUT2D eigenvalue weighted by atomic mass is 16.5. The van der Waals surface area contributed by atoms with E-state index in [1.165, 1.54) is 7.11 Å². The first-order chi connectivity index (χ1) is 6.77. The zero-order valence-corrected chi connectivity index (χ0v) is 8.02. The van der Waals surface area contributed by atoms with Crippen molar-refractivity contribution in [2.45, 2.75) is 0 Å². The third-order valence-corrected chi connectivity index (χ3v) is 2.24.